The molecule has 2 aromatic carbocycles. The fourth-order valence-electron chi connectivity index (χ4n) is 2.62. The number of benzene rings is 2. The number of hydrogen-bond donors (Lipinski definition) is 3. The van der Waals surface area contributed by atoms with Crippen LogP contribution in [0.1, 0.15) is 25.0 Å². The highest BCUT2D eigenvalue weighted by Gasteiger charge is 2.14. The summed E-state index contributed by atoms with van der Waals surface area (Å²) in [6.45, 7) is 6.80. The zero-order chi connectivity index (χ0) is 21.8. The van der Waals surface area contributed by atoms with Gasteiger partial charge in [-0.3, -0.25) is 0 Å². The van der Waals surface area contributed by atoms with Gasteiger partial charge in [-0.15, -0.1) is 0 Å². The molecule has 0 heterocycles. The molecule has 0 saturated heterocycles. The fourth-order valence-corrected chi connectivity index (χ4v) is 3.71. The molecule has 0 unspecified atom stereocenters. The van der Waals surface area contributed by atoms with Gasteiger partial charge in [0.1, 0.15) is 5.82 Å². The van der Waals surface area contributed by atoms with Gasteiger partial charge in [0, 0.05) is 26.2 Å². The van der Waals surface area contributed by atoms with E-state index in [1.165, 1.54) is 18.2 Å². The third-order valence-electron chi connectivity index (χ3n) is 4.07. The quantitative estimate of drug-likeness (QED) is 0.286. The Hall–Kier alpha value is -2.49. The SMILES string of the molecule is CCNC(=NCc1cccc(S(=O)(=O)NCc2cccc(F)c2)c1)NCCOCC. The smallest absolute Gasteiger partial charge is 0.240 e. The average Bonchev–Trinajstić information content (AvgIpc) is 2.74. The number of sulfonamides is 1. The number of guanidine groups is 1. The molecule has 0 atom stereocenters. The van der Waals surface area contributed by atoms with Gasteiger partial charge in [0.15, 0.2) is 5.96 Å². The Morgan fingerprint density at radius 2 is 1.83 bits per heavy atom. The minimum atomic E-state index is -3.73. The van der Waals surface area contributed by atoms with Gasteiger partial charge in [-0.1, -0.05) is 24.3 Å². The topological polar surface area (TPSA) is 91.8 Å². The third-order valence-corrected chi connectivity index (χ3v) is 5.47. The van der Waals surface area contributed by atoms with Crippen molar-refractivity contribution in [2.75, 3.05) is 26.3 Å². The lowest BCUT2D eigenvalue weighted by Gasteiger charge is -2.11. The summed E-state index contributed by atoms with van der Waals surface area (Å²) in [6, 6.07) is 12.4. The number of aliphatic imine (C=N–C) groups is 1. The van der Waals surface area contributed by atoms with E-state index in [2.05, 4.69) is 20.3 Å². The largest absolute Gasteiger partial charge is 0.380 e. The first-order chi connectivity index (χ1) is 14.4. The van der Waals surface area contributed by atoms with Gasteiger partial charge in [-0.05, 0) is 49.2 Å². The van der Waals surface area contributed by atoms with Crippen molar-refractivity contribution in [1.29, 1.82) is 0 Å². The van der Waals surface area contributed by atoms with Crippen molar-refractivity contribution in [2.45, 2.75) is 31.8 Å². The maximum absolute atomic E-state index is 13.3. The second-order valence-corrected chi connectivity index (χ2v) is 8.19. The van der Waals surface area contributed by atoms with E-state index >= 15 is 0 Å². The molecule has 0 bridgehead atoms. The summed E-state index contributed by atoms with van der Waals surface area (Å²) in [4.78, 5) is 4.63. The molecule has 7 nitrogen and oxygen atoms in total. The maximum atomic E-state index is 13.3. The van der Waals surface area contributed by atoms with Gasteiger partial charge >= 0.3 is 0 Å². The van der Waals surface area contributed by atoms with Crippen molar-refractivity contribution in [3.63, 3.8) is 0 Å². The zero-order valence-electron chi connectivity index (χ0n) is 17.3. The maximum Gasteiger partial charge on any atom is 0.240 e. The second kappa shape index (κ2) is 12.3. The predicted octanol–water partition coefficient (Wildman–Crippen LogP) is 2.40. The first kappa shape index (κ1) is 23.8. The fraction of sp³-hybridized carbons (Fsp3) is 0.381. The number of halogens is 1. The van der Waals surface area contributed by atoms with E-state index in [0.29, 0.717) is 44.4 Å². The van der Waals surface area contributed by atoms with Crippen molar-refractivity contribution >= 4 is 16.0 Å². The highest BCUT2D eigenvalue weighted by molar-refractivity contribution is 7.89. The first-order valence-electron chi connectivity index (χ1n) is 9.87. The van der Waals surface area contributed by atoms with Crippen LogP contribution >= 0.6 is 0 Å². The molecule has 0 radical (unpaired) electrons. The lowest BCUT2D eigenvalue weighted by molar-refractivity contribution is 0.152. The summed E-state index contributed by atoms with van der Waals surface area (Å²) in [5, 5.41) is 6.31. The van der Waals surface area contributed by atoms with E-state index in [0.717, 1.165) is 5.56 Å². The van der Waals surface area contributed by atoms with Crippen LogP contribution in [0.2, 0.25) is 0 Å². The molecule has 0 aliphatic heterocycles. The highest BCUT2D eigenvalue weighted by Crippen LogP contribution is 2.13. The van der Waals surface area contributed by atoms with Crippen LogP contribution in [0.3, 0.4) is 0 Å². The molecule has 3 N–H and O–H groups in total. The van der Waals surface area contributed by atoms with Crippen LogP contribution in [0.4, 0.5) is 4.39 Å². The van der Waals surface area contributed by atoms with Crippen molar-refractivity contribution in [1.82, 2.24) is 15.4 Å². The highest BCUT2D eigenvalue weighted by atomic mass is 32.2. The summed E-state index contributed by atoms with van der Waals surface area (Å²) in [5.41, 5.74) is 1.30. The molecular weight excluding hydrogens is 407 g/mol. The molecule has 30 heavy (non-hydrogen) atoms. The third kappa shape index (κ3) is 8.10. The molecule has 0 aromatic heterocycles. The Morgan fingerprint density at radius 1 is 1.07 bits per heavy atom. The van der Waals surface area contributed by atoms with Crippen LogP contribution in [-0.4, -0.2) is 40.7 Å². The van der Waals surface area contributed by atoms with Crippen molar-refractivity contribution in [3.8, 4) is 0 Å². The van der Waals surface area contributed by atoms with Gasteiger partial charge in [0.25, 0.3) is 0 Å². The summed E-state index contributed by atoms with van der Waals surface area (Å²) < 4.78 is 46.3. The van der Waals surface area contributed by atoms with E-state index < -0.39 is 15.8 Å². The summed E-state index contributed by atoms with van der Waals surface area (Å²) in [5.74, 6) is 0.229. The Balaban J connectivity index is 2.02. The van der Waals surface area contributed by atoms with Crippen molar-refractivity contribution in [3.05, 3.63) is 65.5 Å². The van der Waals surface area contributed by atoms with Crippen molar-refractivity contribution in [2.24, 2.45) is 4.99 Å². The minimum absolute atomic E-state index is 0.0107. The van der Waals surface area contributed by atoms with Crippen LogP contribution in [0.15, 0.2) is 58.4 Å². The van der Waals surface area contributed by atoms with Crippen molar-refractivity contribution < 1.29 is 17.5 Å². The number of nitrogens with one attached hydrogen (secondary N) is 3. The number of nitrogens with zero attached hydrogens (tertiary/aromatic N) is 1. The Kier molecular flexibility index (Phi) is 9.72. The van der Waals surface area contributed by atoms with Crippen LogP contribution < -0.4 is 15.4 Å². The van der Waals surface area contributed by atoms with Crippen LogP contribution in [0.5, 0.6) is 0 Å². The Labute approximate surface area is 177 Å². The molecule has 0 aliphatic rings. The lowest BCUT2D eigenvalue weighted by atomic mass is 10.2. The molecule has 0 fully saturated rings. The van der Waals surface area contributed by atoms with E-state index in [1.54, 1.807) is 24.3 Å². The normalized spacial score (nSPS) is 12.0. The van der Waals surface area contributed by atoms with Gasteiger partial charge in [0.05, 0.1) is 18.0 Å². The number of hydrogen-bond acceptors (Lipinski definition) is 4. The molecule has 2 rings (SSSR count). The van der Waals surface area contributed by atoms with E-state index in [-0.39, 0.29) is 11.4 Å². The molecule has 0 saturated carbocycles. The van der Waals surface area contributed by atoms with Gasteiger partial charge < -0.3 is 15.4 Å². The average molecular weight is 437 g/mol. The van der Waals surface area contributed by atoms with E-state index in [1.807, 2.05) is 19.9 Å². The van der Waals surface area contributed by atoms with Crippen LogP contribution in [0.25, 0.3) is 0 Å². The molecular formula is C21H29FN4O3S. The molecule has 0 amide bonds. The van der Waals surface area contributed by atoms with Gasteiger partial charge in [-0.25, -0.2) is 22.5 Å². The van der Waals surface area contributed by atoms with Gasteiger partial charge in [0.2, 0.25) is 10.0 Å². The Bertz CT molecular complexity index is 935. The lowest BCUT2D eigenvalue weighted by Crippen LogP contribution is -2.39. The van der Waals surface area contributed by atoms with E-state index in [4.69, 9.17) is 4.74 Å². The standard InChI is InChI=1S/C21H29FN4O3S/c1-3-23-21(24-11-12-29-4-2)25-15-18-8-6-10-20(14-18)30(27,28)26-16-17-7-5-9-19(22)13-17/h5-10,13-14,26H,3-4,11-12,15-16H2,1-2H3,(H2,23,24,25). The monoisotopic (exact) mass is 436 g/mol. The van der Waals surface area contributed by atoms with Crippen LogP contribution in [-0.2, 0) is 27.8 Å². The molecule has 9 heteroatoms. The molecule has 0 spiro atoms. The predicted molar refractivity (Wildman–Crippen MR) is 116 cm³/mol. The van der Waals surface area contributed by atoms with Crippen LogP contribution in [0, 0.1) is 5.82 Å². The second-order valence-electron chi connectivity index (χ2n) is 6.42. The summed E-state index contributed by atoms with van der Waals surface area (Å²) in [7, 11) is -3.73. The van der Waals surface area contributed by atoms with Gasteiger partial charge in [-0.2, -0.15) is 0 Å². The summed E-state index contributed by atoms with van der Waals surface area (Å²) in [6.07, 6.45) is 0. The Morgan fingerprint density at radius 3 is 2.57 bits per heavy atom. The molecule has 164 valence electrons. The zero-order valence-corrected chi connectivity index (χ0v) is 18.1. The number of rotatable bonds is 11. The number of ether oxygens (including phenoxy) is 1. The minimum Gasteiger partial charge on any atom is -0.380 e. The molecule has 2 aromatic rings. The molecule has 0 aliphatic carbocycles. The van der Waals surface area contributed by atoms with E-state index in [9.17, 15) is 12.8 Å². The summed E-state index contributed by atoms with van der Waals surface area (Å²) >= 11 is 0. The first-order valence-corrected chi connectivity index (χ1v) is 11.4.